The van der Waals surface area contributed by atoms with Gasteiger partial charge in [0.25, 0.3) is 0 Å². The number of nitrogens with zero attached hydrogens (tertiary/aromatic N) is 1. The molecule has 1 aromatic rings. The van der Waals surface area contributed by atoms with Gasteiger partial charge in [0.1, 0.15) is 18.4 Å². The van der Waals surface area contributed by atoms with Crippen LogP contribution in [0.1, 0.15) is 25.0 Å². The Morgan fingerprint density at radius 2 is 2.21 bits per heavy atom. The maximum atomic E-state index is 8.83. The average molecular weight is 190 g/mol. The minimum atomic E-state index is 0.0334. The van der Waals surface area contributed by atoms with E-state index in [-0.39, 0.29) is 6.10 Å². The monoisotopic (exact) mass is 190 g/mol. The molecular formula is C11H12NO2. The smallest absolute Gasteiger partial charge is 0.137 e. The molecule has 1 aromatic carbocycles. The minimum absolute atomic E-state index is 0.0334. The Hall–Kier alpha value is -1.53. The van der Waals surface area contributed by atoms with E-state index in [2.05, 4.69) is 0 Å². The summed E-state index contributed by atoms with van der Waals surface area (Å²) in [5.41, 5.74) is 1.03. The number of hydrogen-bond acceptors (Lipinski definition) is 3. The van der Waals surface area contributed by atoms with Gasteiger partial charge >= 0.3 is 0 Å². The lowest BCUT2D eigenvalue weighted by atomic mass is 10.1. The highest BCUT2D eigenvalue weighted by atomic mass is 16.5. The first-order valence-corrected chi connectivity index (χ1v) is 4.35. The van der Waals surface area contributed by atoms with Crippen LogP contribution in [0.4, 0.5) is 0 Å². The van der Waals surface area contributed by atoms with E-state index in [1.54, 1.807) is 18.2 Å². The molecule has 0 aliphatic heterocycles. The molecule has 0 fully saturated rings. The first-order chi connectivity index (χ1) is 6.67. The summed E-state index contributed by atoms with van der Waals surface area (Å²) < 4.78 is 5.42. The second-order valence-corrected chi connectivity index (χ2v) is 3.16. The van der Waals surface area contributed by atoms with Gasteiger partial charge < -0.3 is 9.84 Å². The van der Waals surface area contributed by atoms with E-state index in [1.165, 1.54) is 0 Å². The van der Waals surface area contributed by atoms with Gasteiger partial charge in [-0.1, -0.05) is 6.07 Å². The van der Waals surface area contributed by atoms with E-state index in [9.17, 15) is 0 Å². The van der Waals surface area contributed by atoms with E-state index < -0.39 is 0 Å². The van der Waals surface area contributed by atoms with Gasteiger partial charge in [-0.3, -0.25) is 0 Å². The van der Waals surface area contributed by atoms with Gasteiger partial charge in [-0.15, -0.1) is 0 Å². The summed E-state index contributed by atoms with van der Waals surface area (Å²) in [6.45, 7) is 4.75. The molecule has 0 heterocycles. The van der Waals surface area contributed by atoms with Crippen molar-refractivity contribution < 1.29 is 9.84 Å². The van der Waals surface area contributed by atoms with Crippen molar-refractivity contribution in [2.45, 2.75) is 20.0 Å². The van der Waals surface area contributed by atoms with Crippen LogP contribution in [0.3, 0.4) is 0 Å². The molecule has 0 aromatic heterocycles. The van der Waals surface area contributed by atoms with Crippen molar-refractivity contribution in [3.05, 3.63) is 35.9 Å². The van der Waals surface area contributed by atoms with Crippen molar-refractivity contribution in [1.82, 2.24) is 0 Å². The van der Waals surface area contributed by atoms with Crippen molar-refractivity contribution in [3.63, 3.8) is 0 Å². The second-order valence-electron chi connectivity index (χ2n) is 3.16. The Morgan fingerprint density at radius 1 is 1.50 bits per heavy atom. The topological polar surface area (TPSA) is 53.2 Å². The Labute approximate surface area is 83.6 Å². The van der Waals surface area contributed by atoms with Crippen LogP contribution in [0.2, 0.25) is 0 Å². The summed E-state index contributed by atoms with van der Waals surface area (Å²) in [6, 6.07) is 6.97. The Morgan fingerprint density at radius 3 is 2.71 bits per heavy atom. The highest BCUT2D eigenvalue weighted by molar-refractivity contribution is 5.46. The van der Waals surface area contributed by atoms with Crippen molar-refractivity contribution in [3.8, 4) is 11.8 Å². The van der Waals surface area contributed by atoms with Gasteiger partial charge in [0, 0.05) is 0 Å². The molecule has 0 bridgehead atoms. The zero-order chi connectivity index (χ0) is 10.6. The van der Waals surface area contributed by atoms with Crippen molar-refractivity contribution in [1.29, 1.82) is 5.26 Å². The fourth-order valence-electron chi connectivity index (χ4n) is 1.07. The minimum Gasteiger partial charge on any atom is -0.490 e. The predicted octanol–water partition coefficient (Wildman–Crippen LogP) is 2.23. The van der Waals surface area contributed by atoms with Gasteiger partial charge in [0.05, 0.1) is 11.7 Å². The summed E-state index contributed by atoms with van der Waals surface area (Å²) in [5, 5.41) is 17.6. The van der Waals surface area contributed by atoms with Crippen LogP contribution in [0.15, 0.2) is 18.2 Å². The molecule has 1 N–H and O–H groups in total. The SMILES string of the molecule is CC(C)Oc1ccc([CH]O)cc1C#N. The third kappa shape index (κ3) is 2.48. The Balaban J connectivity index is 3.01. The molecule has 0 saturated heterocycles. The van der Waals surface area contributed by atoms with Gasteiger partial charge in [0.2, 0.25) is 0 Å². The lowest BCUT2D eigenvalue weighted by molar-refractivity contribution is 0.241. The van der Waals surface area contributed by atoms with Crippen LogP contribution in [-0.2, 0) is 0 Å². The van der Waals surface area contributed by atoms with Gasteiger partial charge in [-0.05, 0) is 31.5 Å². The second kappa shape index (κ2) is 4.64. The number of ether oxygens (including phenoxy) is 1. The summed E-state index contributed by atoms with van der Waals surface area (Å²) in [6.07, 6.45) is 0.0334. The number of rotatable bonds is 3. The normalized spacial score (nSPS) is 9.93. The van der Waals surface area contributed by atoms with Gasteiger partial charge in [0.15, 0.2) is 0 Å². The zero-order valence-electron chi connectivity index (χ0n) is 8.19. The quantitative estimate of drug-likeness (QED) is 0.795. The van der Waals surface area contributed by atoms with Crippen LogP contribution in [0.25, 0.3) is 0 Å². The molecule has 3 heteroatoms. The van der Waals surface area contributed by atoms with E-state index in [4.69, 9.17) is 15.1 Å². The van der Waals surface area contributed by atoms with Crippen molar-refractivity contribution >= 4 is 0 Å². The van der Waals surface area contributed by atoms with E-state index in [1.807, 2.05) is 19.9 Å². The maximum Gasteiger partial charge on any atom is 0.137 e. The molecule has 3 nitrogen and oxygen atoms in total. The number of aliphatic hydroxyl groups excluding tert-OH is 1. The predicted molar refractivity (Wildman–Crippen MR) is 52.3 cm³/mol. The molecule has 0 spiro atoms. The van der Waals surface area contributed by atoms with Crippen LogP contribution in [-0.4, -0.2) is 11.2 Å². The number of hydrogen-bond donors (Lipinski definition) is 1. The van der Waals surface area contributed by atoms with Gasteiger partial charge in [-0.2, -0.15) is 5.26 Å². The maximum absolute atomic E-state index is 8.83. The molecule has 14 heavy (non-hydrogen) atoms. The molecule has 1 radical (unpaired) electrons. The first kappa shape index (κ1) is 10.6. The molecule has 0 aliphatic carbocycles. The van der Waals surface area contributed by atoms with Crippen molar-refractivity contribution in [2.75, 3.05) is 0 Å². The number of aliphatic hydroxyl groups is 1. The third-order valence-electron chi connectivity index (χ3n) is 1.64. The summed E-state index contributed by atoms with van der Waals surface area (Å²) in [5.74, 6) is 0.549. The fraction of sp³-hybridized carbons (Fsp3) is 0.273. The molecule has 1 rings (SSSR count). The fourth-order valence-corrected chi connectivity index (χ4v) is 1.07. The molecule has 0 aliphatic rings. The van der Waals surface area contributed by atoms with Crippen LogP contribution in [0, 0.1) is 17.9 Å². The number of benzene rings is 1. The van der Waals surface area contributed by atoms with E-state index in [0.29, 0.717) is 16.9 Å². The lowest BCUT2D eigenvalue weighted by Crippen LogP contribution is -2.06. The van der Waals surface area contributed by atoms with Gasteiger partial charge in [-0.25, -0.2) is 0 Å². The standard InChI is InChI=1S/C11H12NO2/c1-8(2)14-11-4-3-9(7-13)5-10(11)6-12/h3-5,7-8,13H,1-2H3. The molecule has 0 amide bonds. The summed E-state index contributed by atoms with van der Waals surface area (Å²) in [4.78, 5) is 0. The highest BCUT2D eigenvalue weighted by Crippen LogP contribution is 2.20. The first-order valence-electron chi connectivity index (χ1n) is 4.35. The summed E-state index contributed by atoms with van der Waals surface area (Å²) in [7, 11) is 0. The molecule has 0 saturated carbocycles. The number of nitriles is 1. The average Bonchev–Trinajstić information content (AvgIpc) is 2.17. The lowest BCUT2D eigenvalue weighted by Gasteiger charge is -2.11. The Bertz CT molecular complexity index is 353. The van der Waals surface area contributed by atoms with Crippen LogP contribution >= 0.6 is 0 Å². The van der Waals surface area contributed by atoms with Crippen molar-refractivity contribution in [2.24, 2.45) is 0 Å². The Kier molecular flexibility index (Phi) is 3.49. The molecular weight excluding hydrogens is 178 g/mol. The van der Waals surface area contributed by atoms with Crippen LogP contribution in [0.5, 0.6) is 5.75 Å². The van der Waals surface area contributed by atoms with E-state index >= 15 is 0 Å². The van der Waals surface area contributed by atoms with Crippen LogP contribution < -0.4 is 4.74 Å². The molecule has 0 unspecified atom stereocenters. The highest BCUT2D eigenvalue weighted by Gasteiger charge is 2.05. The van der Waals surface area contributed by atoms with E-state index in [0.717, 1.165) is 6.61 Å². The largest absolute Gasteiger partial charge is 0.490 e. The molecule has 73 valence electrons. The summed E-state index contributed by atoms with van der Waals surface area (Å²) >= 11 is 0. The molecule has 0 atom stereocenters. The zero-order valence-corrected chi connectivity index (χ0v) is 8.19. The third-order valence-corrected chi connectivity index (χ3v) is 1.64.